The number of nitro groups is 1. The van der Waals surface area contributed by atoms with Crippen LogP contribution in [0.4, 0.5) is 5.69 Å². The first-order chi connectivity index (χ1) is 10.8. The number of nitro benzene ring substituents is 1. The molecule has 1 aromatic rings. The van der Waals surface area contributed by atoms with Crippen molar-refractivity contribution in [3.05, 3.63) is 33.4 Å². The lowest BCUT2D eigenvalue weighted by molar-refractivity contribution is -0.385. The molecule has 2 fully saturated rings. The molecule has 0 spiro atoms. The van der Waals surface area contributed by atoms with Crippen molar-refractivity contribution in [1.82, 2.24) is 9.62 Å². The molecule has 0 aromatic heterocycles. The second kappa shape index (κ2) is 6.95. The number of sulfonamides is 1. The van der Waals surface area contributed by atoms with E-state index in [2.05, 4.69) is 5.32 Å². The Morgan fingerprint density at radius 3 is 2.50 bits per heavy atom. The largest absolute Gasteiger partial charge is 0.315 e. The first-order valence-electron chi connectivity index (χ1n) is 7.82. The van der Waals surface area contributed by atoms with Crippen LogP contribution in [0, 0.1) is 24.0 Å². The summed E-state index contributed by atoms with van der Waals surface area (Å²) in [6.07, 6.45) is 2.48. The van der Waals surface area contributed by atoms with Crippen LogP contribution < -0.4 is 5.32 Å². The summed E-state index contributed by atoms with van der Waals surface area (Å²) in [5.41, 5.74) is 0.895. The van der Waals surface area contributed by atoms with E-state index in [0.717, 1.165) is 25.8 Å². The molecule has 134 valence electrons. The molecule has 7 nitrogen and oxygen atoms in total. The summed E-state index contributed by atoms with van der Waals surface area (Å²) in [5, 5.41) is 14.4. The van der Waals surface area contributed by atoms with E-state index in [4.69, 9.17) is 0 Å². The maximum Gasteiger partial charge on any atom is 0.273 e. The summed E-state index contributed by atoms with van der Waals surface area (Å²) in [5.74, 6) is 0. The molecule has 9 heteroatoms. The monoisotopic (exact) mass is 375 g/mol. The van der Waals surface area contributed by atoms with E-state index in [9.17, 15) is 18.5 Å². The van der Waals surface area contributed by atoms with E-state index in [1.54, 1.807) is 24.2 Å². The molecule has 2 saturated heterocycles. The molecule has 2 bridgehead atoms. The Morgan fingerprint density at radius 2 is 1.83 bits per heavy atom. The predicted octanol–water partition coefficient (Wildman–Crippen LogP) is 2.15. The Labute approximate surface area is 148 Å². The smallest absolute Gasteiger partial charge is 0.273 e. The fraction of sp³-hybridized carbons (Fsp3) is 0.600. The number of hydrogen-bond acceptors (Lipinski definition) is 5. The molecule has 0 amide bonds. The number of nitrogens with zero attached hydrogens (tertiary/aromatic N) is 2. The van der Waals surface area contributed by atoms with Gasteiger partial charge in [0.05, 0.1) is 9.82 Å². The van der Waals surface area contributed by atoms with Gasteiger partial charge in [0.1, 0.15) is 0 Å². The van der Waals surface area contributed by atoms with Gasteiger partial charge in [0, 0.05) is 30.3 Å². The summed E-state index contributed by atoms with van der Waals surface area (Å²) < 4.78 is 28.0. The lowest BCUT2D eigenvalue weighted by atomic mass is 10.1. The normalized spacial score (nSPS) is 24.2. The number of rotatable bonds is 3. The topological polar surface area (TPSA) is 92.6 Å². The van der Waals surface area contributed by atoms with Crippen LogP contribution in [-0.2, 0) is 10.0 Å². The number of halogens is 1. The molecular weight excluding hydrogens is 354 g/mol. The second-order valence-electron chi connectivity index (χ2n) is 6.37. The number of nitrogens with one attached hydrogen (secondary N) is 1. The molecule has 1 N–H and O–H groups in total. The molecule has 2 heterocycles. The summed E-state index contributed by atoms with van der Waals surface area (Å²) in [6, 6.07) is 2.73. The van der Waals surface area contributed by atoms with Gasteiger partial charge in [-0.3, -0.25) is 10.1 Å². The van der Waals surface area contributed by atoms with Crippen LogP contribution in [0.15, 0.2) is 17.0 Å². The zero-order chi connectivity index (χ0) is 16.8. The van der Waals surface area contributed by atoms with Crippen molar-refractivity contribution >= 4 is 28.1 Å². The van der Waals surface area contributed by atoms with E-state index in [0.29, 0.717) is 17.7 Å². The third-order valence-corrected chi connectivity index (χ3v) is 6.98. The van der Waals surface area contributed by atoms with Crippen LogP contribution in [-0.4, -0.2) is 42.8 Å². The SMILES string of the molecule is Cc1cc(C)c(S(=O)(=O)N2C3CCNCC2CC3)cc1[N+](=O)[O-].Cl. The fourth-order valence-corrected chi connectivity index (χ4v) is 5.87. The summed E-state index contributed by atoms with van der Waals surface area (Å²) in [6.45, 7) is 4.77. The molecule has 0 aliphatic carbocycles. The Balaban J connectivity index is 0.00000208. The maximum absolute atomic E-state index is 13.2. The zero-order valence-corrected chi connectivity index (χ0v) is 15.3. The average molecular weight is 376 g/mol. The Hall–Kier alpha value is -1.22. The van der Waals surface area contributed by atoms with Crippen LogP contribution in [0.3, 0.4) is 0 Å². The highest BCUT2D eigenvalue weighted by Crippen LogP contribution is 2.36. The molecule has 2 unspecified atom stereocenters. The summed E-state index contributed by atoms with van der Waals surface area (Å²) in [7, 11) is -3.74. The zero-order valence-electron chi connectivity index (χ0n) is 13.7. The highest BCUT2D eigenvalue weighted by atomic mass is 35.5. The molecule has 1 aromatic carbocycles. The predicted molar refractivity (Wildman–Crippen MR) is 93.1 cm³/mol. The Kier molecular flexibility index (Phi) is 5.54. The van der Waals surface area contributed by atoms with Crippen molar-refractivity contribution in [3.8, 4) is 0 Å². The minimum absolute atomic E-state index is 0. The van der Waals surface area contributed by atoms with Gasteiger partial charge in [-0.2, -0.15) is 4.31 Å². The Morgan fingerprint density at radius 1 is 1.17 bits per heavy atom. The van der Waals surface area contributed by atoms with Crippen LogP contribution in [0.5, 0.6) is 0 Å². The molecule has 2 aliphatic rings. The molecule has 0 saturated carbocycles. The van der Waals surface area contributed by atoms with Crippen molar-refractivity contribution in [3.63, 3.8) is 0 Å². The summed E-state index contributed by atoms with van der Waals surface area (Å²) in [4.78, 5) is 10.7. The van der Waals surface area contributed by atoms with Gasteiger partial charge in [-0.15, -0.1) is 12.4 Å². The molecular formula is C15H22ClN3O4S. The van der Waals surface area contributed by atoms with Crippen molar-refractivity contribution in [2.45, 2.75) is 50.1 Å². The quantitative estimate of drug-likeness (QED) is 0.645. The fourth-order valence-electron chi connectivity index (χ4n) is 3.74. The van der Waals surface area contributed by atoms with Gasteiger partial charge in [0.15, 0.2) is 0 Å². The van der Waals surface area contributed by atoms with Crippen LogP contribution in [0.1, 0.15) is 30.4 Å². The van der Waals surface area contributed by atoms with E-state index >= 15 is 0 Å². The molecule has 3 rings (SSSR count). The van der Waals surface area contributed by atoms with Gasteiger partial charge in [-0.05, 0) is 51.3 Å². The minimum Gasteiger partial charge on any atom is -0.315 e. The highest BCUT2D eigenvalue weighted by molar-refractivity contribution is 7.89. The number of hydrogen-bond donors (Lipinski definition) is 1. The van der Waals surface area contributed by atoms with E-state index in [1.807, 2.05) is 0 Å². The van der Waals surface area contributed by atoms with E-state index in [1.165, 1.54) is 6.07 Å². The van der Waals surface area contributed by atoms with Gasteiger partial charge in [-0.1, -0.05) is 0 Å². The first kappa shape index (κ1) is 19.1. The number of fused-ring (bicyclic) bond motifs is 2. The van der Waals surface area contributed by atoms with E-state index in [-0.39, 0.29) is 35.1 Å². The standard InChI is InChI=1S/C15H21N3O4S.ClH/c1-10-7-11(2)15(8-14(10)18(19)20)23(21,22)17-12-3-4-13(17)9-16-6-5-12;/h7-8,12-13,16H,3-6,9H2,1-2H3;1H. The molecule has 0 radical (unpaired) electrons. The van der Waals surface area contributed by atoms with Crippen molar-refractivity contribution in [2.75, 3.05) is 13.1 Å². The van der Waals surface area contributed by atoms with Gasteiger partial charge in [-0.25, -0.2) is 8.42 Å². The third kappa shape index (κ3) is 3.15. The van der Waals surface area contributed by atoms with E-state index < -0.39 is 14.9 Å². The van der Waals surface area contributed by atoms with Gasteiger partial charge < -0.3 is 5.32 Å². The Bertz CT molecular complexity index is 739. The third-order valence-electron chi connectivity index (χ3n) is 4.83. The lowest BCUT2D eigenvalue weighted by Crippen LogP contribution is -2.42. The average Bonchev–Trinajstić information content (AvgIpc) is 2.72. The molecule has 2 aliphatic heterocycles. The minimum atomic E-state index is -3.74. The van der Waals surface area contributed by atoms with Gasteiger partial charge in [0.2, 0.25) is 10.0 Å². The van der Waals surface area contributed by atoms with Crippen molar-refractivity contribution in [2.24, 2.45) is 0 Å². The lowest BCUT2D eigenvalue weighted by Gasteiger charge is -2.27. The van der Waals surface area contributed by atoms with Crippen molar-refractivity contribution in [1.29, 1.82) is 0 Å². The van der Waals surface area contributed by atoms with Crippen LogP contribution >= 0.6 is 12.4 Å². The summed E-state index contributed by atoms with van der Waals surface area (Å²) >= 11 is 0. The first-order valence-corrected chi connectivity index (χ1v) is 9.26. The van der Waals surface area contributed by atoms with Gasteiger partial charge in [0.25, 0.3) is 5.69 Å². The molecule has 24 heavy (non-hydrogen) atoms. The highest BCUT2D eigenvalue weighted by Gasteiger charge is 2.43. The van der Waals surface area contributed by atoms with Crippen LogP contribution in [0.25, 0.3) is 0 Å². The van der Waals surface area contributed by atoms with Gasteiger partial charge >= 0.3 is 0 Å². The van der Waals surface area contributed by atoms with Crippen molar-refractivity contribution < 1.29 is 13.3 Å². The molecule has 2 atom stereocenters. The van der Waals surface area contributed by atoms with Crippen LogP contribution in [0.2, 0.25) is 0 Å². The second-order valence-corrected chi connectivity index (χ2v) is 8.19. The number of aryl methyl sites for hydroxylation is 2. The number of benzene rings is 1. The maximum atomic E-state index is 13.2.